The number of nitrogens with zero attached hydrogens (tertiary/aromatic N) is 1. The van der Waals surface area contributed by atoms with Gasteiger partial charge in [0.15, 0.2) is 0 Å². The van der Waals surface area contributed by atoms with Crippen LogP contribution >= 0.6 is 0 Å². The molecule has 0 fully saturated rings. The van der Waals surface area contributed by atoms with Gasteiger partial charge in [-0.05, 0) is 60.4 Å². The molecule has 0 aliphatic heterocycles. The van der Waals surface area contributed by atoms with Crippen LogP contribution in [-0.2, 0) is 16.1 Å². The van der Waals surface area contributed by atoms with Crippen molar-refractivity contribution in [2.45, 2.75) is 39.7 Å². The van der Waals surface area contributed by atoms with Gasteiger partial charge in [-0.2, -0.15) is 0 Å². The van der Waals surface area contributed by atoms with Crippen LogP contribution in [0.15, 0.2) is 84.9 Å². The number of rotatable bonds is 9. The average Bonchev–Trinajstić information content (AvgIpc) is 3.25. The fourth-order valence-corrected chi connectivity index (χ4v) is 4.64. The summed E-state index contributed by atoms with van der Waals surface area (Å²) >= 11 is 0. The highest BCUT2D eigenvalue weighted by atomic mass is 19.1. The molecule has 0 saturated heterocycles. The maximum Gasteiger partial charge on any atom is 0.307 e. The summed E-state index contributed by atoms with van der Waals surface area (Å²) in [5.41, 5.74) is 5.14. The number of carbonyl (C=O) groups excluding carboxylic acids is 2. The number of hydrogen-bond acceptors (Lipinski definition) is 3. The summed E-state index contributed by atoms with van der Waals surface area (Å²) in [5.74, 6) is -0.948. The minimum Gasteiger partial charge on any atom is -0.466 e. The normalized spacial score (nSPS) is 10.9. The van der Waals surface area contributed by atoms with Crippen molar-refractivity contribution in [3.8, 4) is 22.4 Å². The summed E-state index contributed by atoms with van der Waals surface area (Å²) in [7, 11) is 0. The van der Waals surface area contributed by atoms with Crippen LogP contribution in [0.3, 0.4) is 0 Å². The summed E-state index contributed by atoms with van der Waals surface area (Å²) in [6, 6.07) is 25.2. The Bertz CT molecular complexity index is 1360. The number of anilines is 1. The molecule has 5 nitrogen and oxygen atoms in total. The van der Waals surface area contributed by atoms with E-state index < -0.39 is 0 Å². The van der Waals surface area contributed by atoms with Crippen LogP contribution in [0.5, 0.6) is 0 Å². The van der Waals surface area contributed by atoms with Gasteiger partial charge in [-0.15, -0.1) is 0 Å². The van der Waals surface area contributed by atoms with Crippen molar-refractivity contribution >= 4 is 17.6 Å². The molecule has 1 amide bonds. The molecule has 0 unspecified atom stereocenters. The first-order valence-corrected chi connectivity index (χ1v) is 12.5. The van der Waals surface area contributed by atoms with Gasteiger partial charge >= 0.3 is 5.97 Å². The third-order valence-corrected chi connectivity index (χ3v) is 6.13. The van der Waals surface area contributed by atoms with Crippen molar-refractivity contribution < 1.29 is 18.7 Å². The number of benzene rings is 3. The zero-order chi connectivity index (χ0) is 26.4. The molecule has 190 valence electrons. The number of aromatic nitrogens is 1. The Kier molecular flexibility index (Phi) is 8.18. The molecule has 0 aliphatic carbocycles. The van der Waals surface area contributed by atoms with Gasteiger partial charge in [-0.1, -0.05) is 62.4 Å². The van der Waals surface area contributed by atoms with Gasteiger partial charge in [-0.3, -0.25) is 9.59 Å². The van der Waals surface area contributed by atoms with E-state index in [1.54, 1.807) is 19.1 Å². The first kappa shape index (κ1) is 25.9. The van der Waals surface area contributed by atoms with Crippen LogP contribution in [0.2, 0.25) is 0 Å². The summed E-state index contributed by atoms with van der Waals surface area (Å²) in [6.07, 6.45) is 0.143. The summed E-state index contributed by atoms with van der Waals surface area (Å²) in [5, 5.41) is 3.05. The van der Waals surface area contributed by atoms with Crippen LogP contribution in [0.1, 0.15) is 49.2 Å². The first-order chi connectivity index (χ1) is 17.9. The van der Waals surface area contributed by atoms with Gasteiger partial charge in [0.25, 0.3) is 5.91 Å². The van der Waals surface area contributed by atoms with Crippen molar-refractivity contribution in [3.05, 3.63) is 102 Å². The lowest BCUT2D eigenvalue weighted by Crippen LogP contribution is -2.17. The van der Waals surface area contributed by atoms with Crippen LogP contribution in [0, 0.1) is 5.82 Å². The van der Waals surface area contributed by atoms with E-state index in [1.807, 2.05) is 79.1 Å². The van der Waals surface area contributed by atoms with Gasteiger partial charge in [0.05, 0.1) is 24.3 Å². The monoisotopic (exact) mass is 498 g/mol. The largest absolute Gasteiger partial charge is 0.466 e. The fraction of sp³-hybridized carbons (Fsp3) is 0.226. The Morgan fingerprint density at radius 3 is 2.11 bits per heavy atom. The smallest absolute Gasteiger partial charge is 0.307 e. The molecule has 1 N–H and O–H groups in total. The van der Waals surface area contributed by atoms with Gasteiger partial charge in [-0.25, -0.2) is 4.39 Å². The minimum absolute atomic E-state index is 0.0459. The van der Waals surface area contributed by atoms with E-state index in [9.17, 15) is 14.0 Å². The van der Waals surface area contributed by atoms with E-state index in [-0.39, 0.29) is 30.0 Å². The predicted octanol–water partition coefficient (Wildman–Crippen LogP) is 7.29. The maximum absolute atomic E-state index is 13.9. The number of halogens is 1. The highest BCUT2D eigenvalue weighted by Gasteiger charge is 2.30. The molecule has 4 rings (SSSR count). The van der Waals surface area contributed by atoms with E-state index in [2.05, 4.69) is 5.32 Å². The molecule has 0 atom stereocenters. The van der Waals surface area contributed by atoms with Crippen molar-refractivity contribution in [1.82, 2.24) is 4.57 Å². The zero-order valence-electron chi connectivity index (χ0n) is 21.3. The Morgan fingerprint density at radius 1 is 0.892 bits per heavy atom. The Balaban J connectivity index is 2.00. The fourth-order valence-electron chi connectivity index (χ4n) is 4.64. The van der Waals surface area contributed by atoms with E-state index >= 15 is 0 Å². The number of nitrogens with one attached hydrogen (secondary N) is 1. The molecule has 0 spiro atoms. The molecule has 0 aliphatic rings. The molecule has 0 radical (unpaired) electrons. The van der Waals surface area contributed by atoms with E-state index in [4.69, 9.17) is 4.74 Å². The number of ether oxygens (including phenoxy) is 1. The number of para-hydroxylation sites is 1. The summed E-state index contributed by atoms with van der Waals surface area (Å²) in [4.78, 5) is 26.3. The van der Waals surface area contributed by atoms with E-state index in [0.717, 1.165) is 28.1 Å². The van der Waals surface area contributed by atoms with Crippen LogP contribution < -0.4 is 5.32 Å². The third kappa shape index (κ3) is 5.80. The zero-order valence-corrected chi connectivity index (χ0v) is 21.3. The molecule has 4 aromatic rings. The Hall–Kier alpha value is -4.19. The quantitative estimate of drug-likeness (QED) is 0.247. The highest BCUT2D eigenvalue weighted by Crippen LogP contribution is 2.42. The second-order valence-corrected chi connectivity index (χ2v) is 9.04. The lowest BCUT2D eigenvalue weighted by molar-refractivity contribution is -0.143. The SMILES string of the molecule is CCOC(=O)CCn1c(-c2ccc(F)cc2)c(-c2ccccc2)c(C(=O)Nc2ccccc2)c1C(C)C. The molecule has 0 bridgehead atoms. The lowest BCUT2D eigenvalue weighted by atomic mass is 9.94. The Morgan fingerprint density at radius 2 is 1.51 bits per heavy atom. The van der Waals surface area contributed by atoms with Crippen molar-refractivity contribution in [3.63, 3.8) is 0 Å². The van der Waals surface area contributed by atoms with Crippen LogP contribution in [0.25, 0.3) is 22.4 Å². The molecular formula is C31H31FN2O3. The molecule has 0 saturated carbocycles. The Labute approximate surface area is 216 Å². The van der Waals surface area contributed by atoms with Crippen molar-refractivity contribution in [1.29, 1.82) is 0 Å². The minimum atomic E-state index is -0.347. The lowest BCUT2D eigenvalue weighted by Gasteiger charge is -2.17. The van der Waals surface area contributed by atoms with Crippen LogP contribution in [-0.4, -0.2) is 23.1 Å². The van der Waals surface area contributed by atoms with Crippen molar-refractivity contribution in [2.24, 2.45) is 0 Å². The van der Waals surface area contributed by atoms with E-state index in [0.29, 0.717) is 24.4 Å². The van der Waals surface area contributed by atoms with Crippen molar-refractivity contribution in [2.75, 3.05) is 11.9 Å². The highest BCUT2D eigenvalue weighted by molar-refractivity contribution is 6.12. The number of carbonyl (C=O) groups is 2. The van der Waals surface area contributed by atoms with Gasteiger partial charge in [0.2, 0.25) is 0 Å². The van der Waals surface area contributed by atoms with Crippen LogP contribution in [0.4, 0.5) is 10.1 Å². The van der Waals surface area contributed by atoms with Gasteiger partial charge in [0, 0.05) is 23.5 Å². The van der Waals surface area contributed by atoms with Gasteiger partial charge < -0.3 is 14.6 Å². The standard InChI is InChI=1S/C31H31FN2O3/c1-4-37-26(35)19-20-34-29(21(2)3)28(31(36)33-25-13-9-6-10-14-25)27(22-11-7-5-8-12-22)30(34)23-15-17-24(32)18-16-23/h5-18,21H,4,19-20H2,1-3H3,(H,33,36). The number of amides is 1. The van der Waals surface area contributed by atoms with Gasteiger partial charge in [0.1, 0.15) is 5.82 Å². The molecule has 1 aromatic heterocycles. The average molecular weight is 499 g/mol. The first-order valence-electron chi connectivity index (χ1n) is 12.5. The predicted molar refractivity (Wildman–Crippen MR) is 145 cm³/mol. The summed E-state index contributed by atoms with van der Waals surface area (Å²) in [6.45, 7) is 6.44. The third-order valence-electron chi connectivity index (χ3n) is 6.13. The number of esters is 1. The summed E-state index contributed by atoms with van der Waals surface area (Å²) < 4.78 is 21.1. The second-order valence-electron chi connectivity index (χ2n) is 9.04. The molecule has 1 heterocycles. The topological polar surface area (TPSA) is 60.3 Å². The molecular weight excluding hydrogens is 467 g/mol. The maximum atomic E-state index is 13.9. The van der Waals surface area contributed by atoms with E-state index in [1.165, 1.54) is 12.1 Å². The number of hydrogen-bond donors (Lipinski definition) is 1. The molecule has 37 heavy (non-hydrogen) atoms. The molecule has 6 heteroatoms. The second kappa shape index (κ2) is 11.7. The molecule has 3 aromatic carbocycles.